The molecule has 0 spiro atoms. The molecule has 0 unspecified atom stereocenters. The first-order chi connectivity index (χ1) is 6.68. The summed E-state index contributed by atoms with van der Waals surface area (Å²) in [5, 5.41) is 4.24. The predicted octanol–water partition coefficient (Wildman–Crippen LogP) is 3.08. The molecule has 0 atom stereocenters. The molecule has 0 bridgehead atoms. The van der Waals surface area contributed by atoms with Crippen LogP contribution >= 0.6 is 11.5 Å². The van der Waals surface area contributed by atoms with Gasteiger partial charge in [-0.1, -0.05) is 26.7 Å². The summed E-state index contributed by atoms with van der Waals surface area (Å²) in [5.41, 5.74) is 0. The van der Waals surface area contributed by atoms with Crippen molar-refractivity contribution in [2.75, 3.05) is 11.9 Å². The Kier molecular flexibility index (Phi) is 4.87. The van der Waals surface area contributed by atoms with Gasteiger partial charge in [0.2, 0.25) is 5.13 Å². The molecule has 80 valence electrons. The first-order valence-corrected chi connectivity index (χ1v) is 6.00. The standard InChI is InChI=1S/C10H19N3S/c1-8(2)6-4-5-7-11-10-12-9(3)13-14-10/h8H,4-7H2,1-3H3,(H,11,12,13). The molecule has 0 fully saturated rings. The number of rotatable bonds is 6. The van der Waals surface area contributed by atoms with Crippen LogP contribution in [0.15, 0.2) is 0 Å². The Morgan fingerprint density at radius 1 is 1.36 bits per heavy atom. The van der Waals surface area contributed by atoms with Gasteiger partial charge in [0.25, 0.3) is 0 Å². The van der Waals surface area contributed by atoms with Crippen LogP contribution in [0, 0.1) is 12.8 Å². The molecule has 0 aliphatic carbocycles. The molecule has 4 heteroatoms. The molecule has 0 aliphatic heterocycles. The highest BCUT2D eigenvalue weighted by Gasteiger charge is 1.98. The van der Waals surface area contributed by atoms with Gasteiger partial charge in [-0.2, -0.15) is 4.37 Å². The Morgan fingerprint density at radius 3 is 2.71 bits per heavy atom. The Bertz CT molecular complexity index is 258. The van der Waals surface area contributed by atoms with Gasteiger partial charge in [0.05, 0.1) is 0 Å². The third kappa shape index (κ3) is 4.56. The number of anilines is 1. The van der Waals surface area contributed by atoms with Crippen LogP contribution < -0.4 is 5.32 Å². The summed E-state index contributed by atoms with van der Waals surface area (Å²) < 4.78 is 4.11. The van der Waals surface area contributed by atoms with E-state index in [0.29, 0.717) is 0 Å². The maximum absolute atomic E-state index is 4.24. The Morgan fingerprint density at radius 2 is 2.14 bits per heavy atom. The average molecular weight is 213 g/mol. The molecular weight excluding hydrogens is 194 g/mol. The third-order valence-corrected chi connectivity index (χ3v) is 2.78. The van der Waals surface area contributed by atoms with E-state index >= 15 is 0 Å². The van der Waals surface area contributed by atoms with Crippen LogP contribution in [0.4, 0.5) is 5.13 Å². The molecule has 1 aromatic rings. The highest BCUT2D eigenvalue weighted by Crippen LogP contribution is 2.11. The predicted molar refractivity (Wildman–Crippen MR) is 61.8 cm³/mol. The number of hydrogen-bond acceptors (Lipinski definition) is 4. The van der Waals surface area contributed by atoms with E-state index < -0.39 is 0 Å². The zero-order valence-corrected chi connectivity index (χ0v) is 10.0. The van der Waals surface area contributed by atoms with Gasteiger partial charge >= 0.3 is 0 Å². The van der Waals surface area contributed by atoms with Gasteiger partial charge in [-0.05, 0) is 19.3 Å². The lowest BCUT2D eigenvalue weighted by molar-refractivity contribution is 0.545. The highest BCUT2D eigenvalue weighted by molar-refractivity contribution is 7.09. The summed E-state index contributed by atoms with van der Waals surface area (Å²) in [4.78, 5) is 4.24. The molecule has 0 aliphatic rings. The van der Waals surface area contributed by atoms with Crippen molar-refractivity contribution in [1.29, 1.82) is 0 Å². The van der Waals surface area contributed by atoms with Gasteiger partial charge in [-0.3, -0.25) is 0 Å². The Labute approximate surface area is 90.1 Å². The van der Waals surface area contributed by atoms with Crippen molar-refractivity contribution < 1.29 is 0 Å². The topological polar surface area (TPSA) is 37.8 Å². The molecule has 14 heavy (non-hydrogen) atoms. The van der Waals surface area contributed by atoms with Crippen molar-refractivity contribution in [3.63, 3.8) is 0 Å². The molecule has 3 nitrogen and oxygen atoms in total. The van der Waals surface area contributed by atoms with Gasteiger partial charge < -0.3 is 5.32 Å². The van der Waals surface area contributed by atoms with E-state index in [0.717, 1.165) is 23.4 Å². The summed E-state index contributed by atoms with van der Waals surface area (Å²) >= 11 is 1.44. The second-order valence-corrected chi connectivity index (χ2v) is 4.71. The van der Waals surface area contributed by atoms with Crippen LogP contribution in [0.3, 0.4) is 0 Å². The molecule has 0 aromatic carbocycles. The second-order valence-electron chi connectivity index (χ2n) is 3.96. The van der Waals surface area contributed by atoms with E-state index in [4.69, 9.17) is 0 Å². The van der Waals surface area contributed by atoms with Crippen LogP contribution in [-0.2, 0) is 0 Å². The quantitative estimate of drug-likeness (QED) is 0.738. The van der Waals surface area contributed by atoms with Gasteiger partial charge in [0.15, 0.2) is 0 Å². The minimum absolute atomic E-state index is 0.818. The lowest BCUT2D eigenvalue weighted by Gasteiger charge is -2.04. The molecule has 0 amide bonds. The summed E-state index contributed by atoms with van der Waals surface area (Å²) in [6.45, 7) is 7.46. The molecule has 1 aromatic heterocycles. The zero-order chi connectivity index (χ0) is 10.4. The van der Waals surface area contributed by atoms with E-state index in [1.54, 1.807) is 0 Å². The van der Waals surface area contributed by atoms with Crippen molar-refractivity contribution in [3.05, 3.63) is 5.82 Å². The largest absolute Gasteiger partial charge is 0.360 e. The molecule has 0 radical (unpaired) electrons. The van der Waals surface area contributed by atoms with Crippen molar-refractivity contribution in [2.45, 2.75) is 40.0 Å². The van der Waals surface area contributed by atoms with E-state index in [1.807, 2.05) is 6.92 Å². The van der Waals surface area contributed by atoms with E-state index in [9.17, 15) is 0 Å². The van der Waals surface area contributed by atoms with Crippen LogP contribution in [0.2, 0.25) is 0 Å². The van der Waals surface area contributed by atoms with E-state index in [-0.39, 0.29) is 0 Å². The lowest BCUT2D eigenvalue weighted by Crippen LogP contribution is -2.01. The maximum atomic E-state index is 4.24. The minimum atomic E-state index is 0.818. The third-order valence-electron chi connectivity index (χ3n) is 2.01. The van der Waals surface area contributed by atoms with Crippen LogP contribution in [0.1, 0.15) is 38.9 Å². The van der Waals surface area contributed by atoms with Crippen molar-refractivity contribution in [1.82, 2.24) is 9.36 Å². The van der Waals surface area contributed by atoms with Crippen molar-refractivity contribution >= 4 is 16.7 Å². The summed E-state index contributed by atoms with van der Waals surface area (Å²) in [6, 6.07) is 0. The smallest absolute Gasteiger partial charge is 0.202 e. The number of nitrogens with one attached hydrogen (secondary N) is 1. The summed E-state index contributed by atoms with van der Waals surface area (Å²) in [7, 11) is 0. The molecule has 0 saturated heterocycles. The molecular formula is C10H19N3S. The number of unbranched alkanes of at least 4 members (excludes halogenated alkanes) is 1. The number of aryl methyl sites for hydroxylation is 1. The van der Waals surface area contributed by atoms with Crippen LogP contribution in [0.25, 0.3) is 0 Å². The zero-order valence-electron chi connectivity index (χ0n) is 9.21. The maximum Gasteiger partial charge on any atom is 0.202 e. The van der Waals surface area contributed by atoms with Gasteiger partial charge in [-0.15, -0.1) is 0 Å². The Hall–Kier alpha value is -0.640. The summed E-state index contributed by atoms with van der Waals surface area (Å²) in [6.07, 6.45) is 3.83. The SMILES string of the molecule is Cc1nsc(NCCCCC(C)C)n1. The van der Waals surface area contributed by atoms with E-state index in [2.05, 4.69) is 28.5 Å². The molecule has 1 rings (SSSR count). The lowest BCUT2D eigenvalue weighted by atomic mass is 10.1. The molecule has 0 saturated carbocycles. The highest BCUT2D eigenvalue weighted by atomic mass is 32.1. The first-order valence-electron chi connectivity index (χ1n) is 5.22. The first kappa shape index (κ1) is 11.4. The Balaban J connectivity index is 2.04. The molecule has 1 N–H and O–H groups in total. The molecule has 1 heterocycles. The number of aromatic nitrogens is 2. The van der Waals surface area contributed by atoms with Gasteiger partial charge in [0, 0.05) is 18.1 Å². The monoisotopic (exact) mass is 213 g/mol. The van der Waals surface area contributed by atoms with Crippen molar-refractivity contribution in [2.24, 2.45) is 5.92 Å². The fraction of sp³-hybridized carbons (Fsp3) is 0.800. The normalized spacial score (nSPS) is 10.9. The van der Waals surface area contributed by atoms with Crippen LogP contribution in [0.5, 0.6) is 0 Å². The van der Waals surface area contributed by atoms with E-state index in [1.165, 1.54) is 30.8 Å². The number of nitrogens with zero attached hydrogens (tertiary/aromatic N) is 2. The van der Waals surface area contributed by atoms with Gasteiger partial charge in [0.1, 0.15) is 5.82 Å². The van der Waals surface area contributed by atoms with Crippen LogP contribution in [-0.4, -0.2) is 15.9 Å². The fourth-order valence-electron chi connectivity index (χ4n) is 1.24. The minimum Gasteiger partial charge on any atom is -0.360 e. The average Bonchev–Trinajstić information content (AvgIpc) is 2.50. The number of hydrogen-bond donors (Lipinski definition) is 1. The summed E-state index contributed by atoms with van der Waals surface area (Å²) in [5.74, 6) is 1.68. The fourth-order valence-corrected chi connectivity index (χ4v) is 1.84. The second kappa shape index (κ2) is 5.96. The van der Waals surface area contributed by atoms with Gasteiger partial charge in [-0.25, -0.2) is 4.98 Å². The van der Waals surface area contributed by atoms with Crippen molar-refractivity contribution in [3.8, 4) is 0 Å².